The molecule has 0 atom stereocenters. The number of hydrogen-bond acceptors (Lipinski definition) is 1. The maximum Gasteiger partial charge on any atom is 0.103 e. The van der Waals surface area contributed by atoms with E-state index in [2.05, 4.69) is 18.2 Å². The number of halogens is 1. The van der Waals surface area contributed by atoms with Crippen LogP contribution in [0.5, 0.6) is 0 Å². The number of allylic oxidation sites excluding steroid dienone is 1. The predicted octanol–water partition coefficient (Wildman–Crippen LogP) is 2.34. The third-order valence-corrected chi connectivity index (χ3v) is 0.618. The molecule has 44 valence electrons. The molecular weight excluding hydrogens is 122 g/mol. The van der Waals surface area contributed by atoms with Gasteiger partial charge in [0.25, 0.3) is 0 Å². The first-order chi connectivity index (χ1) is 3.66. The summed E-state index contributed by atoms with van der Waals surface area (Å²) in [6, 6.07) is 0. The van der Waals surface area contributed by atoms with Crippen molar-refractivity contribution >= 4 is 16.8 Å². The number of rotatable bonds is 2. The molecule has 0 aliphatic heterocycles. The Morgan fingerprint density at radius 3 is 2.38 bits per heavy atom. The SMILES string of the molecule is C=CC(=C)N=C(C)Cl. The fraction of sp³-hybridized carbons (Fsp3) is 0.167. The Labute approximate surface area is 54.4 Å². The minimum Gasteiger partial charge on any atom is -0.242 e. The second-order valence-corrected chi connectivity index (χ2v) is 1.85. The van der Waals surface area contributed by atoms with Gasteiger partial charge in [-0.2, -0.15) is 0 Å². The minimum absolute atomic E-state index is 0.481. The van der Waals surface area contributed by atoms with Gasteiger partial charge in [0.2, 0.25) is 0 Å². The van der Waals surface area contributed by atoms with Crippen LogP contribution in [0.25, 0.3) is 0 Å². The van der Waals surface area contributed by atoms with Gasteiger partial charge in [0.15, 0.2) is 0 Å². The average molecular weight is 130 g/mol. The van der Waals surface area contributed by atoms with Crippen molar-refractivity contribution in [3.05, 3.63) is 24.9 Å². The Kier molecular flexibility index (Phi) is 3.20. The molecule has 2 heteroatoms. The lowest BCUT2D eigenvalue weighted by Gasteiger charge is -1.85. The molecule has 0 saturated carbocycles. The molecule has 0 spiro atoms. The van der Waals surface area contributed by atoms with Crippen molar-refractivity contribution < 1.29 is 0 Å². The molecule has 0 N–H and O–H groups in total. The smallest absolute Gasteiger partial charge is 0.103 e. The Morgan fingerprint density at radius 2 is 2.25 bits per heavy atom. The molecule has 0 fully saturated rings. The molecule has 0 aromatic heterocycles. The maximum atomic E-state index is 5.39. The normalized spacial score (nSPS) is 11.0. The Morgan fingerprint density at radius 1 is 1.75 bits per heavy atom. The number of nitrogens with zero attached hydrogens (tertiary/aromatic N) is 1. The maximum absolute atomic E-state index is 5.39. The van der Waals surface area contributed by atoms with Gasteiger partial charge in [-0.1, -0.05) is 24.8 Å². The van der Waals surface area contributed by atoms with Crippen LogP contribution in [0, 0.1) is 0 Å². The summed E-state index contributed by atoms with van der Waals surface area (Å²) in [5.41, 5.74) is 0.595. The van der Waals surface area contributed by atoms with E-state index < -0.39 is 0 Å². The van der Waals surface area contributed by atoms with Crippen LogP contribution in [0.1, 0.15) is 6.92 Å². The van der Waals surface area contributed by atoms with Gasteiger partial charge in [-0.25, -0.2) is 4.99 Å². The van der Waals surface area contributed by atoms with E-state index >= 15 is 0 Å². The molecule has 0 unspecified atom stereocenters. The van der Waals surface area contributed by atoms with Gasteiger partial charge in [0.1, 0.15) is 5.17 Å². The van der Waals surface area contributed by atoms with Crippen LogP contribution in [-0.2, 0) is 0 Å². The highest BCUT2D eigenvalue weighted by Gasteiger charge is 1.80. The topological polar surface area (TPSA) is 12.4 Å². The molecule has 0 heterocycles. The van der Waals surface area contributed by atoms with E-state index in [0.717, 1.165) is 0 Å². The van der Waals surface area contributed by atoms with E-state index in [1.807, 2.05) is 0 Å². The zero-order chi connectivity index (χ0) is 6.57. The van der Waals surface area contributed by atoms with Crippen LogP contribution in [0.3, 0.4) is 0 Å². The van der Waals surface area contributed by atoms with Crippen molar-refractivity contribution in [1.82, 2.24) is 0 Å². The summed E-state index contributed by atoms with van der Waals surface area (Å²) >= 11 is 5.39. The van der Waals surface area contributed by atoms with Crippen LogP contribution in [0.4, 0.5) is 0 Å². The Balaban J connectivity index is 3.89. The fourth-order valence-electron chi connectivity index (χ4n) is 0.244. The Bertz CT molecular complexity index is 131. The van der Waals surface area contributed by atoms with Gasteiger partial charge in [0.05, 0.1) is 5.70 Å². The monoisotopic (exact) mass is 129 g/mol. The first kappa shape index (κ1) is 7.44. The fourth-order valence-corrected chi connectivity index (χ4v) is 0.352. The standard InChI is InChI=1S/C6H8ClN/c1-4-5(2)8-6(3)7/h4H,1-2H2,3H3. The highest BCUT2D eigenvalue weighted by atomic mass is 35.5. The number of aliphatic imine (C=N–C) groups is 1. The highest BCUT2D eigenvalue weighted by molar-refractivity contribution is 6.64. The van der Waals surface area contributed by atoms with Gasteiger partial charge in [-0.05, 0) is 13.0 Å². The van der Waals surface area contributed by atoms with E-state index in [4.69, 9.17) is 11.6 Å². The van der Waals surface area contributed by atoms with Crippen molar-refractivity contribution in [3.8, 4) is 0 Å². The second kappa shape index (κ2) is 3.44. The van der Waals surface area contributed by atoms with Crippen molar-refractivity contribution in [2.75, 3.05) is 0 Å². The van der Waals surface area contributed by atoms with Crippen molar-refractivity contribution in [2.45, 2.75) is 6.92 Å². The molecule has 0 radical (unpaired) electrons. The first-order valence-corrected chi connectivity index (χ1v) is 2.56. The quantitative estimate of drug-likeness (QED) is 0.401. The Hall–Kier alpha value is -0.560. The minimum atomic E-state index is 0.481. The summed E-state index contributed by atoms with van der Waals surface area (Å²) in [7, 11) is 0. The first-order valence-electron chi connectivity index (χ1n) is 2.19. The van der Waals surface area contributed by atoms with Crippen LogP contribution in [0.2, 0.25) is 0 Å². The lowest BCUT2D eigenvalue weighted by Crippen LogP contribution is -1.74. The largest absolute Gasteiger partial charge is 0.242 e. The molecule has 8 heavy (non-hydrogen) atoms. The zero-order valence-corrected chi connectivity index (χ0v) is 5.57. The lowest BCUT2D eigenvalue weighted by molar-refractivity contribution is 1.44. The molecule has 0 rings (SSSR count). The molecule has 0 aliphatic carbocycles. The molecule has 0 saturated heterocycles. The average Bonchev–Trinajstić information content (AvgIpc) is 1.65. The second-order valence-electron chi connectivity index (χ2n) is 1.30. The van der Waals surface area contributed by atoms with Crippen LogP contribution >= 0.6 is 11.6 Å². The van der Waals surface area contributed by atoms with Gasteiger partial charge < -0.3 is 0 Å². The van der Waals surface area contributed by atoms with Crippen molar-refractivity contribution in [2.24, 2.45) is 4.99 Å². The van der Waals surface area contributed by atoms with E-state index in [-0.39, 0.29) is 0 Å². The summed E-state index contributed by atoms with van der Waals surface area (Å²) < 4.78 is 0. The number of hydrogen-bond donors (Lipinski definition) is 0. The van der Waals surface area contributed by atoms with E-state index in [1.54, 1.807) is 13.0 Å². The lowest BCUT2D eigenvalue weighted by atomic mass is 10.5. The molecule has 0 aliphatic rings. The molecule has 0 bridgehead atoms. The zero-order valence-electron chi connectivity index (χ0n) is 4.82. The molecule has 0 aromatic carbocycles. The summed E-state index contributed by atoms with van der Waals surface area (Å²) in [5, 5.41) is 0.481. The summed E-state index contributed by atoms with van der Waals surface area (Å²) in [4.78, 5) is 3.77. The van der Waals surface area contributed by atoms with Crippen LogP contribution in [0.15, 0.2) is 29.9 Å². The van der Waals surface area contributed by atoms with E-state index in [1.165, 1.54) is 0 Å². The molecular formula is C6H8ClN. The van der Waals surface area contributed by atoms with Crippen molar-refractivity contribution in [1.29, 1.82) is 0 Å². The van der Waals surface area contributed by atoms with Gasteiger partial charge in [0, 0.05) is 0 Å². The van der Waals surface area contributed by atoms with Crippen LogP contribution in [-0.4, -0.2) is 5.17 Å². The highest BCUT2D eigenvalue weighted by Crippen LogP contribution is 1.95. The van der Waals surface area contributed by atoms with E-state index in [9.17, 15) is 0 Å². The summed E-state index contributed by atoms with van der Waals surface area (Å²) in [6.07, 6.45) is 1.55. The van der Waals surface area contributed by atoms with Gasteiger partial charge >= 0.3 is 0 Å². The predicted molar refractivity (Wildman–Crippen MR) is 38.3 cm³/mol. The third-order valence-electron chi connectivity index (χ3n) is 0.533. The molecule has 0 aromatic rings. The van der Waals surface area contributed by atoms with E-state index in [0.29, 0.717) is 10.9 Å². The summed E-state index contributed by atoms with van der Waals surface area (Å²) in [6.45, 7) is 8.66. The van der Waals surface area contributed by atoms with Crippen LogP contribution < -0.4 is 0 Å². The summed E-state index contributed by atoms with van der Waals surface area (Å²) in [5.74, 6) is 0. The molecule has 1 nitrogen and oxygen atoms in total. The van der Waals surface area contributed by atoms with Gasteiger partial charge in [-0.15, -0.1) is 0 Å². The molecule has 0 amide bonds. The van der Waals surface area contributed by atoms with Gasteiger partial charge in [-0.3, -0.25) is 0 Å². The third kappa shape index (κ3) is 3.62. The van der Waals surface area contributed by atoms with Crippen molar-refractivity contribution in [3.63, 3.8) is 0 Å².